The summed E-state index contributed by atoms with van der Waals surface area (Å²) in [5.41, 5.74) is 2.69. The van der Waals surface area contributed by atoms with Crippen molar-refractivity contribution in [1.29, 1.82) is 0 Å². The molecule has 0 saturated carbocycles. The molecule has 0 bridgehead atoms. The van der Waals surface area contributed by atoms with Gasteiger partial charge in [-0.3, -0.25) is 4.79 Å². The van der Waals surface area contributed by atoms with Crippen molar-refractivity contribution in [3.8, 4) is 0 Å². The first-order valence-corrected chi connectivity index (χ1v) is 8.17. The Morgan fingerprint density at radius 1 is 1.32 bits per heavy atom. The number of aromatic amines is 1. The number of H-pyrrole nitrogens is 1. The fourth-order valence-corrected chi connectivity index (χ4v) is 3.75. The van der Waals surface area contributed by atoms with Gasteiger partial charge in [0.05, 0.1) is 12.2 Å². The van der Waals surface area contributed by atoms with Gasteiger partial charge in [0.15, 0.2) is 0 Å². The number of nitrogens with zero attached hydrogens (tertiary/aromatic N) is 1. The van der Waals surface area contributed by atoms with E-state index in [2.05, 4.69) is 4.98 Å². The highest BCUT2D eigenvalue weighted by molar-refractivity contribution is 6.31. The zero-order chi connectivity index (χ0) is 15.3. The third-order valence-electron chi connectivity index (χ3n) is 5.16. The maximum Gasteiger partial charge on any atom is 0.270 e. The molecule has 0 aliphatic carbocycles. The number of fused-ring (bicyclic) bond motifs is 1. The van der Waals surface area contributed by atoms with Gasteiger partial charge in [0, 0.05) is 29.0 Å². The number of carbonyl (C=O) groups is 1. The number of ether oxygens (including phenoxy) is 1. The summed E-state index contributed by atoms with van der Waals surface area (Å²) in [6.45, 7) is 4.39. The standard InChI is InChI=1S/C17H19ClN2O2/c1-11-13-10-12(18)2-3-14(13)19-15(11)16(21)20-7-4-17(5-8-20)6-9-22-17/h2-3,10,19H,4-9H2,1H3. The molecule has 2 aromatic rings. The number of halogens is 1. The Kier molecular flexibility index (Phi) is 3.20. The van der Waals surface area contributed by atoms with E-state index in [0.717, 1.165) is 55.4 Å². The van der Waals surface area contributed by atoms with Crippen LogP contribution >= 0.6 is 11.6 Å². The second-order valence-corrected chi connectivity index (χ2v) is 6.83. The van der Waals surface area contributed by atoms with Crippen molar-refractivity contribution in [2.45, 2.75) is 31.8 Å². The molecule has 2 aliphatic rings. The van der Waals surface area contributed by atoms with Crippen LogP contribution in [-0.4, -0.2) is 41.1 Å². The van der Waals surface area contributed by atoms with E-state index < -0.39 is 0 Å². The number of hydrogen-bond donors (Lipinski definition) is 1. The summed E-state index contributed by atoms with van der Waals surface area (Å²) in [7, 11) is 0. The quantitative estimate of drug-likeness (QED) is 0.874. The molecule has 2 saturated heterocycles. The van der Waals surface area contributed by atoms with E-state index in [1.54, 1.807) is 0 Å². The maximum atomic E-state index is 12.8. The number of benzene rings is 1. The van der Waals surface area contributed by atoms with Crippen molar-refractivity contribution in [3.63, 3.8) is 0 Å². The highest BCUT2D eigenvalue weighted by Crippen LogP contribution is 2.37. The van der Waals surface area contributed by atoms with Crippen molar-refractivity contribution < 1.29 is 9.53 Å². The van der Waals surface area contributed by atoms with Gasteiger partial charge >= 0.3 is 0 Å². The van der Waals surface area contributed by atoms with Gasteiger partial charge in [-0.05, 0) is 49.9 Å². The van der Waals surface area contributed by atoms with E-state index in [0.29, 0.717) is 10.7 Å². The molecule has 2 fully saturated rings. The molecule has 1 aromatic heterocycles. The van der Waals surface area contributed by atoms with Gasteiger partial charge < -0.3 is 14.6 Å². The molecule has 1 aromatic carbocycles. The van der Waals surface area contributed by atoms with Crippen LogP contribution < -0.4 is 0 Å². The number of aromatic nitrogens is 1. The topological polar surface area (TPSA) is 45.3 Å². The lowest BCUT2D eigenvalue weighted by atomic mass is 9.84. The van der Waals surface area contributed by atoms with Crippen LogP contribution in [0.5, 0.6) is 0 Å². The summed E-state index contributed by atoms with van der Waals surface area (Å²) in [6, 6.07) is 5.68. The van der Waals surface area contributed by atoms with Crippen LogP contribution in [0.25, 0.3) is 10.9 Å². The minimum absolute atomic E-state index is 0.0692. The minimum atomic E-state index is 0.0692. The lowest BCUT2D eigenvalue weighted by molar-refractivity contribution is -0.169. The molecule has 0 atom stereocenters. The molecule has 4 nitrogen and oxygen atoms in total. The van der Waals surface area contributed by atoms with Crippen LogP contribution in [0.15, 0.2) is 18.2 Å². The second-order valence-electron chi connectivity index (χ2n) is 6.39. The van der Waals surface area contributed by atoms with E-state index in [-0.39, 0.29) is 11.5 Å². The first-order valence-electron chi connectivity index (χ1n) is 7.79. The third kappa shape index (κ3) is 2.13. The zero-order valence-corrected chi connectivity index (χ0v) is 13.4. The van der Waals surface area contributed by atoms with E-state index in [9.17, 15) is 4.79 Å². The predicted octanol–water partition coefficient (Wildman–Crippen LogP) is 3.52. The average Bonchev–Trinajstić information content (AvgIpc) is 2.82. The molecule has 0 unspecified atom stereocenters. The van der Waals surface area contributed by atoms with Crippen LogP contribution in [-0.2, 0) is 4.74 Å². The Labute approximate surface area is 134 Å². The number of aryl methyl sites for hydroxylation is 1. The first-order chi connectivity index (χ1) is 10.6. The average molecular weight is 319 g/mol. The van der Waals surface area contributed by atoms with Gasteiger partial charge in [0.25, 0.3) is 5.91 Å². The monoisotopic (exact) mass is 318 g/mol. The molecular formula is C17H19ClN2O2. The fraction of sp³-hybridized carbons (Fsp3) is 0.471. The molecule has 1 N–H and O–H groups in total. The molecule has 3 heterocycles. The Hall–Kier alpha value is -1.52. The van der Waals surface area contributed by atoms with Crippen molar-refractivity contribution in [1.82, 2.24) is 9.88 Å². The van der Waals surface area contributed by atoms with Gasteiger partial charge in [-0.2, -0.15) is 0 Å². The fourth-order valence-electron chi connectivity index (χ4n) is 3.57. The summed E-state index contributed by atoms with van der Waals surface area (Å²) in [5, 5.41) is 1.71. The lowest BCUT2D eigenvalue weighted by Gasteiger charge is -2.47. The minimum Gasteiger partial charge on any atom is -0.375 e. The van der Waals surface area contributed by atoms with Crippen molar-refractivity contribution in [3.05, 3.63) is 34.5 Å². The Bertz CT molecular complexity index is 738. The first kappa shape index (κ1) is 14.1. The number of rotatable bonds is 1. The Morgan fingerprint density at radius 3 is 2.68 bits per heavy atom. The third-order valence-corrected chi connectivity index (χ3v) is 5.40. The molecule has 22 heavy (non-hydrogen) atoms. The molecule has 116 valence electrons. The molecule has 5 heteroatoms. The van der Waals surface area contributed by atoms with Crippen molar-refractivity contribution in [2.75, 3.05) is 19.7 Å². The summed E-state index contributed by atoms with van der Waals surface area (Å²) in [4.78, 5) is 18.0. The lowest BCUT2D eigenvalue weighted by Crippen LogP contribution is -2.53. The Morgan fingerprint density at radius 2 is 2.05 bits per heavy atom. The van der Waals surface area contributed by atoms with Gasteiger partial charge in [0.1, 0.15) is 5.69 Å². The van der Waals surface area contributed by atoms with Crippen molar-refractivity contribution in [2.24, 2.45) is 0 Å². The number of hydrogen-bond acceptors (Lipinski definition) is 2. The smallest absolute Gasteiger partial charge is 0.270 e. The van der Waals surface area contributed by atoms with E-state index in [1.807, 2.05) is 30.0 Å². The SMILES string of the molecule is Cc1c(C(=O)N2CCC3(CCO3)CC2)[nH]c2ccc(Cl)cc12. The summed E-state index contributed by atoms with van der Waals surface area (Å²) >= 11 is 6.06. The maximum absolute atomic E-state index is 12.8. The molecule has 4 rings (SSSR count). The molecular weight excluding hydrogens is 300 g/mol. The molecule has 1 amide bonds. The van der Waals surface area contributed by atoms with Crippen LogP contribution in [0, 0.1) is 6.92 Å². The number of amides is 1. The highest BCUT2D eigenvalue weighted by atomic mass is 35.5. The summed E-state index contributed by atoms with van der Waals surface area (Å²) in [5.74, 6) is 0.0824. The van der Waals surface area contributed by atoms with Gasteiger partial charge in [0.2, 0.25) is 0 Å². The van der Waals surface area contributed by atoms with Gasteiger partial charge in [-0.15, -0.1) is 0 Å². The zero-order valence-electron chi connectivity index (χ0n) is 12.6. The highest BCUT2D eigenvalue weighted by Gasteiger charge is 2.42. The van der Waals surface area contributed by atoms with Crippen LogP contribution in [0.2, 0.25) is 5.02 Å². The van der Waals surface area contributed by atoms with E-state index in [4.69, 9.17) is 16.3 Å². The number of nitrogens with one attached hydrogen (secondary N) is 1. The summed E-state index contributed by atoms with van der Waals surface area (Å²) < 4.78 is 5.72. The molecule has 0 radical (unpaired) electrons. The normalized spacial score (nSPS) is 20.4. The van der Waals surface area contributed by atoms with E-state index >= 15 is 0 Å². The largest absolute Gasteiger partial charge is 0.375 e. The number of likely N-dealkylation sites (tertiary alicyclic amines) is 1. The van der Waals surface area contributed by atoms with Crippen LogP contribution in [0.4, 0.5) is 0 Å². The van der Waals surface area contributed by atoms with Gasteiger partial charge in [-0.1, -0.05) is 11.6 Å². The van der Waals surface area contributed by atoms with Crippen LogP contribution in [0.1, 0.15) is 35.3 Å². The number of piperidine rings is 1. The second kappa shape index (κ2) is 5.00. The molecule has 2 aliphatic heterocycles. The molecule has 1 spiro atoms. The van der Waals surface area contributed by atoms with E-state index in [1.165, 1.54) is 0 Å². The van der Waals surface area contributed by atoms with Gasteiger partial charge in [-0.25, -0.2) is 0 Å². The Balaban J connectivity index is 1.59. The van der Waals surface area contributed by atoms with Crippen LogP contribution in [0.3, 0.4) is 0 Å². The predicted molar refractivity (Wildman–Crippen MR) is 86.5 cm³/mol. The van der Waals surface area contributed by atoms with Crippen molar-refractivity contribution >= 4 is 28.4 Å². The summed E-state index contributed by atoms with van der Waals surface area (Å²) in [6.07, 6.45) is 3.03. The number of carbonyl (C=O) groups excluding carboxylic acids is 1.